The SMILES string of the molecule is CN1CCN(c2cc(N)c(-c3ccc(C(N)=O)c4c3C(=O)c3ccccc3-4)cc2F)CC1. The van der Waals surface area contributed by atoms with E-state index in [1.807, 2.05) is 11.9 Å². The van der Waals surface area contributed by atoms with Gasteiger partial charge in [0, 0.05) is 59.7 Å². The minimum Gasteiger partial charge on any atom is -0.398 e. The zero-order chi connectivity index (χ0) is 22.6. The summed E-state index contributed by atoms with van der Waals surface area (Å²) < 4.78 is 15.2. The fourth-order valence-electron chi connectivity index (χ4n) is 4.68. The second-order valence-electron chi connectivity index (χ2n) is 8.33. The van der Waals surface area contributed by atoms with Crippen LogP contribution in [0, 0.1) is 5.82 Å². The Morgan fingerprint density at radius 2 is 1.59 bits per heavy atom. The van der Waals surface area contributed by atoms with Gasteiger partial charge in [-0.1, -0.05) is 30.3 Å². The van der Waals surface area contributed by atoms with Crippen molar-refractivity contribution in [2.75, 3.05) is 43.9 Å². The first-order valence-electron chi connectivity index (χ1n) is 10.5. The lowest BCUT2D eigenvalue weighted by molar-refractivity contribution is 0.100. The Hall–Kier alpha value is -3.71. The van der Waals surface area contributed by atoms with Crippen LogP contribution in [0.3, 0.4) is 0 Å². The number of carbonyl (C=O) groups is 2. The second-order valence-corrected chi connectivity index (χ2v) is 8.33. The van der Waals surface area contributed by atoms with Crippen molar-refractivity contribution in [1.29, 1.82) is 0 Å². The number of nitrogens with zero attached hydrogens (tertiary/aromatic N) is 2. The van der Waals surface area contributed by atoms with Gasteiger partial charge in [-0.25, -0.2) is 4.39 Å². The van der Waals surface area contributed by atoms with Crippen LogP contribution in [-0.2, 0) is 0 Å². The van der Waals surface area contributed by atoms with Crippen molar-refractivity contribution in [1.82, 2.24) is 4.90 Å². The molecule has 1 heterocycles. The van der Waals surface area contributed by atoms with E-state index in [0.717, 1.165) is 13.1 Å². The number of likely N-dealkylation sites (N-methyl/N-ethyl adjacent to an activating group) is 1. The largest absolute Gasteiger partial charge is 0.398 e. The van der Waals surface area contributed by atoms with E-state index in [9.17, 15) is 9.59 Å². The Morgan fingerprint density at radius 3 is 2.28 bits per heavy atom. The lowest BCUT2D eigenvalue weighted by atomic mass is 9.90. The highest BCUT2D eigenvalue weighted by atomic mass is 19.1. The molecule has 0 atom stereocenters. The van der Waals surface area contributed by atoms with Crippen LogP contribution in [0.5, 0.6) is 0 Å². The number of carbonyl (C=O) groups excluding carboxylic acids is 2. The Bertz CT molecular complexity index is 1280. The van der Waals surface area contributed by atoms with Crippen LogP contribution in [0.2, 0.25) is 0 Å². The van der Waals surface area contributed by atoms with Crippen LogP contribution in [0.4, 0.5) is 15.8 Å². The zero-order valence-corrected chi connectivity index (χ0v) is 17.7. The van der Waals surface area contributed by atoms with Crippen molar-refractivity contribution >= 4 is 23.1 Å². The fraction of sp³-hybridized carbons (Fsp3) is 0.200. The number of ketones is 1. The number of fused-ring (bicyclic) bond motifs is 3. The number of benzene rings is 3. The third-order valence-electron chi connectivity index (χ3n) is 6.39. The van der Waals surface area contributed by atoms with Crippen molar-refractivity contribution in [3.8, 4) is 22.3 Å². The first-order chi connectivity index (χ1) is 15.4. The summed E-state index contributed by atoms with van der Waals surface area (Å²) in [6.07, 6.45) is 0. The molecule has 4 N–H and O–H groups in total. The van der Waals surface area contributed by atoms with E-state index < -0.39 is 11.7 Å². The first kappa shape index (κ1) is 20.2. The molecule has 1 fully saturated rings. The maximum Gasteiger partial charge on any atom is 0.249 e. The molecule has 3 aromatic carbocycles. The molecule has 0 unspecified atom stereocenters. The molecule has 0 spiro atoms. The quantitative estimate of drug-likeness (QED) is 0.487. The van der Waals surface area contributed by atoms with E-state index in [1.54, 1.807) is 42.5 Å². The Labute approximate surface area is 185 Å². The minimum atomic E-state index is -0.623. The summed E-state index contributed by atoms with van der Waals surface area (Å²) in [5.41, 5.74) is 16.0. The molecule has 0 saturated carbocycles. The highest BCUT2D eigenvalue weighted by molar-refractivity contribution is 6.27. The topological polar surface area (TPSA) is 92.7 Å². The van der Waals surface area contributed by atoms with Crippen molar-refractivity contribution in [3.05, 3.63) is 71.0 Å². The van der Waals surface area contributed by atoms with Crippen molar-refractivity contribution in [2.24, 2.45) is 5.73 Å². The molecule has 0 radical (unpaired) electrons. The summed E-state index contributed by atoms with van der Waals surface area (Å²) in [7, 11) is 2.04. The lowest BCUT2D eigenvalue weighted by Crippen LogP contribution is -2.44. The molecular formula is C25H23FN4O2. The average Bonchev–Trinajstić information content (AvgIpc) is 3.08. The highest BCUT2D eigenvalue weighted by Crippen LogP contribution is 2.45. The minimum absolute atomic E-state index is 0.225. The molecule has 1 aliphatic carbocycles. The van der Waals surface area contributed by atoms with E-state index in [4.69, 9.17) is 11.5 Å². The molecule has 5 rings (SSSR count). The predicted molar refractivity (Wildman–Crippen MR) is 123 cm³/mol. The molecule has 1 saturated heterocycles. The van der Waals surface area contributed by atoms with E-state index in [-0.39, 0.29) is 11.3 Å². The molecule has 0 aromatic heterocycles. The third-order valence-corrected chi connectivity index (χ3v) is 6.39. The van der Waals surface area contributed by atoms with Gasteiger partial charge < -0.3 is 21.3 Å². The number of halogens is 1. The summed E-state index contributed by atoms with van der Waals surface area (Å²) in [6, 6.07) is 13.3. The van der Waals surface area contributed by atoms with Crippen molar-refractivity contribution < 1.29 is 14.0 Å². The molecule has 3 aromatic rings. The molecule has 2 aliphatic rings. The molecule has 7 heteroatoms. The summed E-state index contributed by atoms with van der Waals surface area (Å²) in [5, 5.41) is 0. The number of anilines is 2. The number of hydrogen-bond donors (Lipinski definition) is 2. The number of piperazine rings is 1. The first-order valence-corrected chi connectivity index (χ1v) is 10.5. The third kappa shape index (κ3) is 3.05. The number of hydrogen-bond acceptors (Lipinski definition) is 5. The summed E-state index contributed by atoms with van der Waals surface area (Å²) in [4.78, 5) is 29.6. The van der Waals surface area contributed by atoms with Gasteiger partial charge >= 0.3 is 0 Å². The second kappa shape index (κ2) is 7.46. The highest BCUT2D eigenvalue weighted by Gasteiger charge is 2.33. The number of rotatable bonds is 3. The van der Waals surface area contributed by atoms with Gasteiger partial charge in [-0.2, -0.15) is 0 Å². The van der Waals surface area contributed by atoms with Gasteiger partial charge in [0.2, 0.25) is 5.91 Å². The number of primary amides is 1. The molecule has 1 amide bonds. The Balaban J connectivity index is 1.67. The standard InChI is InChI=1S/C25H23FN4O2/c1-29-8-10-30(11-9-29)21-13-20(27)18(12-19(21)26)15-6-7-17(25(28)32)22-14-4-2-3-5-16(14)24(31)23(15)22/h2-7,12-13H,8-11,27H2,1H3,(H2,28,32). The van der Waals surface area contributed by atoms with Gasteiger partial charge in [0.1, 0.15) is 5.82 Å². The van der Waals surface area contributed by atoms with Crippen LogP contribution in [0.1, 0.15) is 26.3 Å². The lowest BCUT2D eigenvalue weighted by Gasteiger charge is -2.34. The van der Waals surface area contributed by atoms with Gasteiger partial charge in [-0.3, -0.25) is 9.59 Å². The van der Waals surface area contributed by atoms with Crippen LogP contribution in [-0.4, -0.2) is 49.8 Å². The van der Waals surface area contributed by atoms with Gasteiger partial charge in [-0.15, -0.1) is 0 Å². The molecular weight excluding hydrogens is 407 g/mol. The van der Waals surface area contributed by atoms with Crippen LogP contribution in [0.25, 0.3) is 22.3 Å². The van der Waals surface area contributed by atoms with Crippen molar-refractivity contribution in [3.63, 3.8) is 0 Å². The van der Waals surface area contributed by atoms with Gasteiger partial charge in [0.15, 0.2) is 5.78 Å². The molecule has 162 valence electrons. The van der Waals surface area contributed by atoms with E-state index >= 15 is 4.39 Å². The summed E-state index contributed by atoms with van der Waals surface area (Å²) >= 11 is 0. The normalized spacial score (nSPS) is 15.6. The molecule has 6 nitrogen and oxygen atoms in total. The number of nitrogen functional groups attached to an aromatic ring is 1. The summed E-state index contributed by atoms with van der Waals surface area (Å²) in [5.74, 6) is -1.24. The number of amides is 1. The van der Waals surface area contributed by atoms with E-state index in [1.165, 1.54) is 6.07 Å². The van der Waals surface area contributed by atoms with Crippen LogP contribution >= 0.6 is 0 Å². The molecule has 1 aliphatic heterocycles. The van der Waals surface area contributed by atoms with Crippen molar-refractivity contribution in [2.45, 2.75) is 0 Å². The van der Waals surface area contributed by atoms with Gasteiger partial charge in [-0.05, 0) is 36.4 Å². The van der Waals surface area contributed by atoms with Gasteiger partial charge in [0.05, 0.1) is 5.69 Å². The van der Waals surface area contributed by atoms with Crippen LogP contribution < -0.4 is 16.4 Å². The van der Waals surface area contributed by atoms with Gasteiger partial charge in [0.25, 0.3) is 0 Å². The summed E-state index contributed by atoms with van der Waals surface area (Å²) in [6.45, 7) is 3.11. The predicted octanol–water partition coefficient (Wildman–Crippen LogP) is 3.14. The zero-order valence-electron chi connectivity index (χ0n) is 17.7. The number of nitrogens with two attached hydrogens (primary N) is 2. The smallest absolute Gasteiger partial charge is 0.249 e. The van der Waals surface area contributed by atoms with E-state index in [0.29, 0.717) is 57.8 Å². The monoisotopic (exact) mass is 430 g/mol. The van der Waals surface area contributed by atoms with E-state index in [2.05, 4.69) is 4.90 Å². The Kier molecular flexibility index (Phi) is 4.71. The molecule has 32 heavy (non-hydrogen) atoms. The maximum atomic E-state index is 15.2. The average molecular weight is 430 g/mol. The maximum absolute atomic E-state index is 15.2. The Morgan fingerprint density at radius 1 is 0.906 bits per heavy atom. The fourth-order valence-corrected chi connectivity index (χ4v) is 4.68. The molecule has 0 bridgehead atoms. The van der Waals surface area contributed by atoms with Crippen LogP contribution in [0.15, 0.2) is 48.5 Å².